The van der Waals surface area contributed by atoms with E-state index in [-0.39, 0.29) is 33.0 Å². The molecule has 2 N–H and O–H groups in total. The van der Waals surface area contributed by atoms with Gasteiger partial charge in [-0.2, -0.15) is 0 Å². The number of ether oxygens (including phenoxy) is 1. The Bertz CT molecular complexity index is 992. The quantitative estimate of drug-likeness (QED) is 0.570. The van der Waals surface area contributed by atoms with Gasteiger partial charge in [-0.3, -0.25) is 4.79 Å². The fourth-order valence-corrected chi connectivity index (χ4v) is 5.64. The number of nitrogens with zero attached hydrogens (tertiary/aromatic N) is 1. The summed E-state index contributed by atoms with van der Waals surface area (Å²) in [5.74, 6) is -1.53. The first-order valence-electron chi connectivity index (χ1n) is 8.40. The van der Waals surface area contributed by atoms with Crippen molar-refractivity contribution in [2.75, 3.05) is 18.1 Å². The first-order valence-corrected chi connectivity index (χ1v) is 12.6. The predicted octanol–water partition coefficient (Wildman–Crippen LogP) is 0.677. The number of carbonyl (C=O) groups excluding carboxylic acids is 2. The van der Waals surface area contributed by atoms with Crippen molar-refractivity contribution in [2.24, 2.45) is 5.14 Å². The number of likely N-dealkylation sites (N-methyl/N-ethyl adjacent to an activating group) is 1. The summed E-state index contributed by atoms with van der Waals surface area (Å²) in [5.41, 5.74) is -0.0994. The van der Waals surface area contributed by atoms with Gasteiger partial charge in [0.05, 0.1) is 22.0 Å². The summed E-state index contributed by atoms with van der Waals surface area (Å²) in [6, 6.07) is 3.16. The fourth-order valence-electron chi connectivity index (χ4n) is 2.96. The lowest BCUT2D eigenvalue weighted by atomic mass is 10.2. The van der Waals surface area contributed by atoms with Gasteiger partial charge < -0.3 is 9.64 Å². The van der Waals surface area contributed by atoms with E-state index in [9.17, 15) is 26.4 Å². The van der Waals surface area contributed by atoms with E-state index >= 15 is 0 Å². The molecule has 0 aromatic heterocycles. The third kappa shape index (κ3) is 5.31. The summed E-state index contributed by atoms with van der Waals surface area (Å²) >= 11 is 3.14. The van der Waals surface area contributed by atoms with Crippen LogP contribution in [0.25, 0.3) is 0 Å². The summed E-state index contributed by atoms with van der Waals surface area (Å²) in [5, 5.41) is 5.07. The predicted molar refractivity (Wildman–Crippen MR) is 105 cm³/mol. The highest BCUT2D eigenvalue weighted by Crippen LogP contribution is 2.23. The van der Waals surface area contributed by atoms with Gasteiger partial charge in [0.1, 0.15) is 0 Å². The molecule has 0 spiro atoms. The summed E-state index contributed by atoms with van der Waals surface area (Å²) in [4.78, 5) is 26.2. The fraction of sp³-hybridized carbons (Fsp3) is 0.500. The first-order chi connectivity index (χ1) is 12.9. The largest absolute Gasteiger partial charge is 0.449 e. The van der Waals surface area contributed by atoms with Gasteiger partial charge in [-0.25, -0.2) is 26.8 Å². The molecule has 1 saturated heterocycles. The molecule has 28 heavy (non-hydrogen) atoms. The van der Waals surface area contributed by atoms with Crippen LogP contribution < -0.4 is 5.14 Å². The van der Waals surface area contributed by atoms with Gasteiger partial charge in [0.2, 0.25) is 10.0 Å². The van der Waals surface area contributed by atoms with Crippen molar-refractivity contribution in [1.82, 2.24) is 4.90 Å². The van der Waals surface area contributed by atoms with Crippen LogP contribution in [0.1, 0.15) is 30.6 Å². The number of carbonyl (C=O) groups is 2. The van der Waals surface area contributed by atoms with Crippen LogP contribution >= 0.6 is 15.9 Å². The highest BCUT2D eigenvalue weighted by atomic mass is 79.9. The molecule has 0 radical (unpaired) electrons. The van der Waals surface area contributed by atoms with Gasteiger partial charge in [-0.1, -0.05) is 0 Å². The van der Waals surface area contributed by atoms with Gasteiger partial charge in [-0.15, -0.1) is 0 Å². The number of hydrogen-bond donors (Lipinski definition) is 1. The van der Waals surface area contributed by atoms with Crippen LogP contribution in [0, 0.1) is 0 Å². The SMILES string of the molecule is CCN(C(=O)C(C)OC(=O)c1cc(S(N)(=O)=O)ccc1Br)C1CCS(=O)(=O)C1. The molecule has 1 aromatic rings. The van der Waals surface area contributed by atoms with E-state index in [1.165, 1.54) is 24.0 Å². The molecule has 156 valence electrons. The van der Waals surface area contributed by atoms with E-state index in [0.717, 1.165) is 6.07 Å². The minimum absolute atomic E-state index is 0.0168. The lowest BCUT2D eigenvalue weighted by molar-refractivity contribution is -0.141. The second-order valence-corrected chi connectivity index (χ2v) is 11.1. The molecule has 9 nitrogen and oxygen atoms in total. The molecule has 1 aliphatic rings. The highest BCUT2D eigenvalue weighted by molar-refractivity contribution is 9.10. The molecule has 1 fully saturated rings. The Morgan fingerprint density at radius 2 is 2.04 bits per heavy atom. The lowest BCUT2D eigenvalue weighted by Crippen LogP contribution is -2.46. The molecule has 1 heterocycles. The molecule has 2 rings (SSSR count). The van der Waals surface area contributed by atoms with Crippen molar-refractivity contribution >= 4 is 47.7 Å². The van der Waals surface area contributed by atoms with Crippen LogP contribution in [0.5, 0.6) is 0 Å². The molecule has 0 bridgehead atoms. The molecular weight excluding hydrogens is 476 g/mol. The number of sulfone groups is 1. The average molecular weight is 497 g/mol. The highest BCUT2D eigenvalue weighted by Gasteiger charge is 2.36. The summed E-state index contributed by atoms with van der Waals surface area (Å²) in [7, 11) is -7.20. The number of rotatable bonds is 6. The number of benzene rings is 1. The van der Waals surface area contributed by atoms with E-state index in [2.05, 4.69) is 15.9 Å². The molecule has 1 aromatic carbocycles. The minimum atomic E-state index is -4.02. The monoisotopic (exact) mass is 496 g/mol. The molecule has 1 aliphatic heterocycles. The van der Waals surface area contributed by atoms with Crippen molar-refractivity contribution in [2.45, 2.75) is 37.3 Å². The molecule has 12 heteroatoms. The van der Waals surface area contributed by atoms with Crippen molar-refractivity contribution < 1.29 is 31.2 Å². The van der Waals surface area contributed by atoms with Crippen molar-refractivity contribution in [3.8, 4) is 0 Å². The van der Waals surface area contributed by atoms with E-state index < -0.39 is 43.9 Å². The zero-order valence-electron chi connectivity index (χ0n) is 15.3. The van der Waals surface area contributed by atoms with Gasteiger partial charge in [0.25, 0.3) is 5.91 Å². The molecular formula is C16H21BrN2O7S2. The Hall–Kier alpha value is -1.50. The number of primary sulfonamides is 1. The van der Waals surface area contributed by atoms with Crippen LogP contribution in [0.4, 0.5) is 0 Å². The lowest BCUT2D eigenvalue weighted by Gasteiger charge is -2.29. The Labute approximate surface area is 172 Å². The number of hydrogen-bond acceptors (Lipinski definition) is 7. The third-order valence-electron chi connectivity index (χ3n) is 4.39. The number of halogens is 1. The number of sulfonamides is 1. The standard InChI is InChI=1S/C16H21BrN2O7S2/c1-3-19(11-6-7-27(22,23)9-11)15(20)10(2)26-16(21)13-8-12(28(18,24)25)4-5-14(13)17/h4-5,8,10-11H,3,6-7,9H2,1-2H3,(H2,18,24,25). The van der Waals surface area contributed by atoms with Crippen LogP contribution in [0.2, 0.25) is 0 Å². The molecule has 0 saturated carbocycles. The smallest absolute Gasteiger partial charge is 0.340 e. The topological polar surface area (TPSA) is 141 Å². The second kappa shape index (κ2) is 8.47. The van der Waals surface area contributed by atoms with Crippen molar-refractivity contribution in [3.63, 3.8) is 0 Å². The second-order valence-electron chi connectivity index (χ2n) is 6.42. The van der Waals surface area contributed by atoms with E-state index in [0.29, 0.717) is 6.42 Å². The maximum atomic E-state index is 12.7. The van der Waals surface area contributed by atoms with Crippen LogP contribution in [-0.2, 0) is 29.4 Å². The molecule has 2 unspecified atom stereocenters. The van der Waals surface area contributed by atoms with Crippen LogP contribution in [0.3, 0.4) is 0 Å². The molecule has 1 amide bonds. The van der Waals surface area contributed by atoms with E-state index in [1.807, 2.05) is 0 Å². The van der Waals surface area contributed by atoms with Crippen LogP contribution in [0.15, 0.2) is 27.6 Å². The Kier molecular flexibility index (Phi) is 6.90. The van der Waals surface area contributed by atoms with Gasteiger partial charge in [0, 0.05) is 17.1 Å². The first kappa shape index (κ1) is 22.8. The normalized spacial score (nSPS) is 19.8. The van der Waals surface area contributed by atoms with Gasteiger partial charge >= 0.3 is 5.97 Å². The Morgan fingerprint density at radius 1 is 1.39 bits per heavy atom. The Morgan fingerprint density at radius 3 is 2.54 bits per heavy atom. The van der Waals surface area contributed by atoms with Crippen LogP contribution in [-0.4, -0.2) is 63.8 Å². The van der Waals surface area contributed by atoms with E-state index in [1.54, 1.807) is 6.92 Å². The van der Waals surface area contributed by atoms with Crippen molar-refractivity contribution in [3.05, 3.63) is 28.2 Å². The maximum absolute atomic E-state index is 12.7. The third-order valence-corrected chi connectivity index (χ3v) is 7.74. The summed E-state index contributed by atoms with van der Waals surface area (Å²) in [6.45, 7) is 3.36. The molecule has 0 aliphatic carbocycles. The van der Waals surface area contributed by atoms with Crippen molar-refractivity contribution in [1.29, 1.82) is 0 Å². The number of esters is 1. The zero-order valence-corrected chi connectivity index (χ0v) is 18.5. The average Bonchev–Trinajstić information content (AvgIpc) is 2.94. The molecule has 2 atom stereocenters. The van der Waals surface area contributed by atoms with Gasteiger partial charge in [0.15, 0.2) is 15.9 Å². The zero-order chi connectivity index (χ0) is 21.3. The minimum Gasteiger partial charge on any atom is -0.449 e. The maximum Gasteiger partial charge on any atom is 0.340 e. The summed E-state index contributed by atoms with van der Waals surface area (Å²) in [6.07, 6.45) is -0.842. The Balaban J connectivity index is 2.16. The van der Waals surface area contributed by atoms with E-state index in [4.69, 9.17) is 9.88 Å². The number of nitrogens with two attached hydrogens (primary N) is 1. The number of amides is 1. The van der Waals surface area contributed by atoms with Gasteiger partial charge in [-0.05, 0) is 54.4 Å². The summed E-state index contributed by atoms with van der Waals surface area (Å²) < 4.78 is 51.8.